The molecule has 2 bridgehead atoms. The minimum absolute atomic E-state index is 0.169. The van der Waals surface area contributed by atoms with Crippen LogP contribution in [-0.2, 0) is 0 Å². The maximum absolute atomic E-state index is 8.81. The Hall–Kier alpha value is -0.860. The van der Waals surface area contributed by atoms with Crippen LogP contribution in [0, 0.1) is 11.3 Å². The van der Waals surface area contributed by atoms with Crippen molar-refractivity contribution in [2.75, 3.05) is 6.54 Å². The van der Waals surface area contributed by atoms with Crippen molar-refractivity contribution >= 4 is 27.8 Å². The van der Waals surface area contributed by atoms with Crippen molar-refractivity contribution in [1.29, 1.82) is 5.26 Å². The third-order valence-corrected chi connectivity index (χ3v) is 4.97. The molecule has 0 aromatic carbocycles. The van der Waals surface area contributed by atoms with Crippen LogP contribution in [0.4, 0.5) is 0 Å². The molecule has 13 heavy (non-hydrogen) atoms. The van der Waals surface area contributed by atoms with E-state index >= 15 is 0 Å². The minimum atomic E-state index is -0.169. The molecule has 1 unspecified atom stereocenters. The molecule has 3 nitrogen and oxygen atoms in total. The lowest BCUT2D eigenvalue weighted by Gasteiger charge is -2.39. The molecule has 1 spiro atoms. The summed E-state index contributed by atoms with van der Waals surface area (Å²) in [7, 11) is 3.42. The lowest BCUT2D eigenvalue weighted by molar-refractivity contribution is 0.406. The largest absolute Gasteiger partial charge is 0.347 e. The molecule has 4 heterocycles. The molecule has 0 amide bonds. The monoisotopic (exact) mass is 207 g/mol. The molecule has 0 aromatic rings. The Balaban J connectivity index is 2.12. The maximum Gasteiger partial charge on any atom is 0.152 e. The van der Waals surface area contributed by atoms with Gasteiger partial charge in [-0.15, -0.1) is 0 Å². The summed E-state index contributed by atoms with van der Waals surface area (Å²) in [6.45, 7) is 0.722. The van der Waals surface area contributed by atoms with Gasteiger partial charge in [-0.25, -0.2) is 4.99 Å². The molecular formula is C8H5N3S2. The molecule has 1 atom stereocenters. The highest BCUT2D eigenvalue weighted by atomic mass is 33.1. The number of nitriles is 1. The summed E-state index contributed by atoms with van der Waals surface area (Å²) >= 11 is 0. The van der Waals surface area contributed by atoms with Gasteiger partial charge in [0.05, 0.1) is 12.6 Å². The maximum atomic E-state index is 8.81. The first kappa shape index (κ1) is 7.54. The van der Waals surface area contributed by atoms with Gasteiger partial charge in [0.15, 0.2) is 4.87 Å². The lowest BCUT2D eigenvalue weighted by atomic mass is 10.2. The Bertz CT molecular complexity index is 404. The Morgan fingerprint density at radius 2 is 2.62 bits per heavy atom. The second kappa shape index (κ2) is 2.34. The van der Waals surface area contributed by atoms with E-state index in [9.17, 15) is 0 Å². The average molecular weight is 207 g/mol. The van der Waals surface area contributed by atoms with Crippen LogP contribution in [0.15, 0.2) is 27.9 Å². The molecule has 0 aliphatic carbocycles. The van der Waals surface area contributed by atoms with E-state index in [0.29, 0.717) is 0 Å². The number of nitrogens with zero attached hydrogens (tertiary/aromatic N) is 3. The van der Waals surface area contributed by atoms with Gasteiger partial charge in [-0.1, -0.05) is 0 Å². The molecule has 4 rings (SSSR count). The first-order valence-electron chi connectivity index (χ1n) is 3.84. The topological polar surface area (TPSA) is 39.4 Å². The molecule has 4 aliphatic heterocycles. The summed E-state index contributed by atoms with van der Waals surface area (Å²) in [5, 5.41) is 9.84. The third kappa shape index (κ3) is 0.901. The summed E-state index contributed by atoms with van der Waals surface area (Å²) in [4.78, 5) is 6.28. The van der Waals surface area contributed by atoms with Crippen LogP contribution < -0.4 is 0 Å². The molecule has 0 saturated heterocycles. The van der Waals surface area contributed by atoms with Crippen molar-refractivity contribution in [3.05, 3.63) is 22.9 Å². The second-order valence-corrected chi connectivity index (χ2v) is 5.46. The normalized spacial score (nSPS) is 33.9. The SMILES string of the molecule is N#CC1=CC23C=NC(=CN2C1)SS3. The lowest BCUT2D eigenvalue weighted by Crippen LogP contribution is -2.42. The van der Waals surface area contributed by atoms with E-state index in [2.05, 4.69) is 16.0 Å². The van der Waals surface area contributed by atoms with E-state index in [1.54, 1.807) is 21.6 Å². The van der Waals surface area contributed by atoms with Crippen molar-refractivity contribution in [2.45, 2.75) is 4.87 Å². The quantitative estimate of drug-likeness (QED) is 0.567. The zero-order valence-corrected chi connectivity index (χ0v) is 8.23. The van der Waals surface area contributed by atoms with E-state index in [0.717, 1.165) is 17.1 Å². The van der Waals surface area contributed by atoms with Crippen molar-refractivity contribution < 1.29 is 0 Å². The third-order valence-electron chi connectivity index (χ3n) is 2.22. The van der Waals surface area contributed by atoms with E-state index in [1.165, 1.54) is 0 Å². The van der Waals surface area contributed by atoms with Crippen molar-refractivity contribution in [3.63, 3.8) is 0 Å². The summed E-state index contributed by atoms with van der Waals surface area (Å²) < 4.78 is 0. The highest BCUT2D eigenvalue weighted by Gasteiger charge is 2.44. The number of hydrogen-bond acceptors (Lipinski definition) is 5. The molecular weight excluding hydrogens is 202 g/mol. The van der Waals surface area contributed by atoms with E-state index in [4.69, 9.17) is 5.26 Å². The smallest absolute Gasteiger partial charge is 0.152 e. The second-order valence-electron chi connectivity index (χ2n) is 3.05. The van der Waals surface area contributed by atoms with Gasteiger partial charge in [-0.05, 0) is 27.7 Å². The Morgan fingerprint density at radius 1 is 1.69 bits per heavy atom. The van der Waals surface area contributed by atoms with Crippen LogP contribution in [0.1, 0.15) is 0 Å². The van der Waals surface area contributed by atoms with Crippen LogP contribution in [0.5, 0.6) is 0 Å². The summed E-state index contributed by atoms with van der Waals surface area (Å²) in [6.07, 6.45) is 5.95. The predicted octanol–water partition coefficient (Wildman–Crippen LogP) is 1.73. The fourth-order valence-electron chi connectivity index (χ4n) is 1.58. The van der Waals surface area contributed by atoms with Crippen LogP contribution in [0.2, 0.25) is 0 Å². The number of rotatable bonds is 0. The van der Waals surface area contributed by atoms with Crippen molar-refractivity contribution in [1.82, 2.24) is 4.90 Å². The van der Waals surface area contributed by atoms with Gasteiger partial charge in [0.25, 0.3) is 0 Å². The zero-order chi connectivity index (χ0) is 8.89. The van der Waals surface area contributed by atoms with Crippen LogP contribution in [0.3, 0.4) is 0 Å². The minimum Gasteiger partial charge on any atom is -0.347 e. The average Bonchev–Trinajstić information content (AvgIpc) is 2.56. The van der Waals surface area contributed by atoms with Crippen LogP contribution in [-0.4, -0.2) is 22.5 Å². The zero-order valence-electron chi connectivity index (χ0n) is 6.60. The summed E-state index contributed by atoms with van der Waals surface area (Å²) in [5.41, 5.74) is 0.832. The Labute approximate surface area is 83.6 Å². The van der Waals surface area contributed by atoms with Gasteiger partial charge >= 0.3 is 0 Å². The fraction of sp³-hybridized carbons (Fsp3) is 0.250. The van der Waals surface area contributed by atoms with Gasteiger partial charge < -0.3 is 4.90 Å². The summed E-state index contributed by atoms with van der Waals surface area (Å²) in [6, 6.07) is 2.20. The number of hydrogen-bond donors (Lipinski definition) is 0. The molecule has 0 aromatic heterocycles. The number of aliphatic imine (C=N–C) groups is 1. The molecule has 0 N–H and O–H groups in total. The van der Waals surface area contributed by atoms with E-state index in [1.807, 2.05) is 18.5 Å². The highest BCUT2D eigenvalue weighted by molar-refractivity contribution is 8.79. The van der Waals surface area contributed by atoms with Gasteiger partial charge in [-0.2, -0.15) is 5.26 Å². The Morgan fingerprint density at radius 3 is 3.23 bits per heavy atom. The van der Waals surface area contributed by atoms with E-state index in [-0.39, 0.29) is 4.87 Å². The van der Waals surface area contributed by atoms with Gasteiger partial charge in [0.1, 0.15) is 5.03 Å². The molecule has 4 aliphatic rings. The summed E-state index contributed by atoms with van der Waals surface area (Å²) in [5.74, 6) is 0. The molecule has 0 saturated carbocycles. The first-order valence-corrected chi connectivity index (χ1v) is 5.99. The number of fused-ring (bicyclic) bond motifs is 1. The van der Waals surface area contributed by atoms with Gasteiger partial charge in [-0.3, -0.25) is 0 Å². The van der Waals surface area contributed by atoms with Gasteiger partial charge in [0, 0.05) is 18.0 Å². The fourth-order valence-corrected chi connectivity index (χ4v) is 4.04. The van der Waals surface area contributed by atoms with Crippen LogP contribution in [0.25, 0.3) is 0 Å². The molecule has 5 heteroatoms. The standard InChI is InChI=1S/C8H5N3S2/c9-2-6-1-8-5-10-7(12-13-8)4-11(8)3-6/h1,4-5H,3H2. The van der Waals surface area contributed by atoms with Crippen LogP contribution >= 0.6 is 21.6 Å². The van der Waals surface area contributed by atoms with Crippen molar-refractivity contribution in [3.8, 4) is 6.07 Å². The molecule has 64 valence electrons. The highest BCUT2D eigenvalue weighted by Crippen LogP contribution is 2.53. The Kier molecular flexibility index (Phi) is 1.35. The van der Waals surface area contributed by atoms with Gasteiger partial charge in [0.2, 0.25) is 0 Å². The van der Waals surface area contributed by atoms with Crippen molar-refractivity contribution in [2.24, 2.45) is 4.99 Å². The predicted molar refractivity (Wildman–Crippen MR) is 54.9 cm³/mol. The van der Waals surface area contributed by atoms with E-state index < -0.39 is 0 Å². The first-order chi connectivity index (χ1) is 6.32. The molecule has 0 radical (unpaired) electrons. The molecule has 0 fully saturated rings.